The second kappa shape index (κ2) is 8.76. The zero-order valence-corrected chi connectivity index (χ0v) is 17.5. The zero-order valence-electron chi connectivity index (χ0n) is 16.7. The summed E-state index contributed by atoms with van der Waals surface area (Å²) < 4.78 is 0. The van der Waals surface area contributed by atoms with Crippen molar-refractivity contribution in [2.45, 2.75) is 33.2 Å². The summed E-state index contributed by atoms with van der Waals surface area (Å²) in [4.78, 5) is 41.0. The molecule has 3 rings (SSSR count). The second-order valence-corrected chi connectivity index (χ2v) is 7.63. The normalized spacial score (nSPS) is 16.6. The molecule has 1 atom stereocenters. The first kappa shape index (κ1) is 21.0. The molecule has 0 saturated carbocycles. The number of carbonyl (C=O) groups is 3. The highest BCUT2D eigenvalue weighted by molar-refractivity contribution is 6.31. The van der Waals surface area contributed by atoms with E-state index in [0.717, 1.165) is 11.1 Å². The lowest BCUT2D eigenvalue weighted by molar-refractivity contribution is -0.123. The highest BCUT2D eigenvalue weighted by Gasteiger charge is 2.42. The van der Waals surface area contributed by atoms with Crippen molar-refractivity contribution in [3.8, 4) is 0 Å². The number of benzene rings is 2. The zero-order chi connectivity index (χ0) is 21.1. The van der Waals surface area contributed by atoms with Gasteiger partial charge in [0, 0.05) is 10.7 Å². The molecule has 29 heavy (non-hydrogen) atoms. The van der Waals surface area contributed by atoms with Crippen LogP contribution in [0.25, 0.3) is 0 Å². The van der Waals surface area contributed by atoms with Crippen molar-refractivity contribution in [3.63, 3.8) is 0 Å². The van der Waals surface area contributed by atoms with E-state index in [1.165, 1.54) is 4.90 Å². The van der Waals surface area contributed by atoms with Crippen LogP contribution in [0.5, 0.6) is 0 Å². The third-order valence-corrected chi connectivity index (χ3v) is 5.32. The van der Waals surface area contributed by atoms with Gasteiger partial charge in [-0.05, 0) is 50.2 Å². The number of likely N-dealkylation sites (N-methyl/N-ethyl adjacent to an activating group) is 1. The van der Waals surface area contributed by atoms with E-state index in [-0.39, 0.29) is 30.7 Å². The van der Waals surface area contributed by atoms with Crippen molar-refractivity contribution in [3.05, 3.63) is 58.6 Å². The predicted molar refractivity (Wildman–Crippen MR) is 114 cm³/mol. The Bertz CT molecular complexity index is 943. The molecule has 0 aliphatic carbocycles. The Labute approximate surface area is 175 Å². The molecule has 0 bridgehead atoms. The standard InChI is InChI=1S/C22H24ClN3O3/c1-4-25(13-20(27)24-18-11-16(23)8-7-15(18)3)19-12-21(28)26(22(19)29)17-9-5-14(2)6-10-17/h5-11,19H,4,12-13H2,1-3H3,(H,24,27). The summed E-state index contributed by atoms with van der Waals surface area (Å²) in [6.45, 7) is 6.16. The second-order valence-electron chi connectivity index (χ2n) is 7.19. The number of aryl methyl sites for hydroxylation is 2. The van der Waals surface area contributed by atoms with Gasteiger partial charge in [0.25, 0.3) is 5.91 Å². The number of anilines is 2. The molecule has 0 radical (unpaired) electrons. The number of rotatable bonds is 6. The van der Waals surface area contributed by atoms with Crippen LogP contribution in [0.3, 0.4) is 0 Å². The van der Waals surface area contributed by atoms with Gasteiger partial charge in [0.15, 0.2) is 0 Å². The van der Waals surface area contributed by atoms with Gasteiger partial charge in [-0.3, -0.25) is 19.3 Å². The van der Waals surface area contributed by atoms with E-state index in [4.69, 9.17) is 11.6 Å². The van der Waals surface area contributed by atoms with Crippen LogP contribution in [0, 0.1) is 13.8 Å². The first-order valence-electron chi connectivity index (χ1n) is 9.53. The number of hydrogen-bond acceptors (Lipinski definition) is 4. The van der Waals surface area contributed by atoms with Crippen LogP contribution >= 0.6 is 11.6 Å². The molecule has 1 aliphatic rings. The van der Waals surface area contributed by atoms with E-state index < -0.39 is 6.04 Å². The molecule has 2 aromatic rings. The van der Waals surface area contributed by atoms with Gasteiger partial charge in [-0.1, -0.05) is 42.3 Å². The van der Waals surface area contributed by atoms with Gasteiger partial charge < -0.3 is 5.32 Å². The smallest absolute Gasteiger partial charge is 0.251 e. The van der Waals surface area contributed by atoms with E-state index in [1.807, 2.05) is 39.0 Å². The third-order valence-electron chi connectivity index (χ3n) is 5.08. The maximum absolute atomic E-state index is 13.0. The monoisotopic (exact) mass is 413 g/mol. The van der Waals surface area contributed by atoms with Crippen molar-refractivity contribution in [2.24, 2.45) is 0 Å². The molecule has 1 heterocycles. The first-order chi connectivity index (χ1) is 13.8. The molecule has 7 heteroatoms. The Morgan fingerprint density at radius 2 is 1.86 bits per heavy atom. The summed E-state index contributed by atoms with van der Waals surface area (Å²) in [6.07, 6.45) is 0.0595. The highest BCUT2D eigenvalue weighted by atomic mass is 35.5. The number of hydrogen-bond donors (Lipinski definition) is 1. The van der Waals surface area contributed by atoms with Crippen LogP contribution in [0.15, 0.2) is 42.5 Å². The van der Waals surface area contributed by atoms with E-state index in [9.17, 15) is 14.4 Å². The minimum Gasteiger partial charge on any atom is -0.325 e. The number of nitrogens with zero attached hydrogens (tertiary/aromatic N) is 2. The lowest BCUT2D eigenvalue weighted by Gasteiger charge is -2.25. The molecule has 1 saturated heterocycles. The molecule has 3 amide bonds. The number of carbonyl (C=O) groups excluding carboxylic acids is 3. The van der Waals surface area contributed by atoms with Crippen molar-refractivity contribution >= 4 is 40.7 Å². The Morgan fingerprint density at radius 3 is 2.52 bits per heavy atom. The fourth-order valence-corrected chi connectivity index (χ4v) is 3.58. The average Bonchev–Trinajstić information content (AvgIpc) is 2.98. The predicted octanol–water partition coefficient (Wildman–Crippen LogP) is 3.55. The largest absolute Gasteiger partial charge is 0.325 e. The minimum absolute atomic E-state index is 0.00782. The van der Waals surface area contributed by atoms with Crippen LogP contribution in [-0.4, -0.2) is 41.8 Å². The van der Waals surface area contributed by atoms with Gasteiger partial charge >= 0.3 is 0 Å². The fourth-order valence-electron chi connectivity index (χ4n) is 3.41. The summed E-state index contributed by atoms with van der Waals surface area (Å²) in [5.41, 5.74) is 3.13. The molecule has 0 aromatic heterocycles. The van der Waals surface area contributed by atoms with Gasteiger partial charge in [0.05, 0.1) is 24.7 Å². The molecule has 1 fully saturated rings. The lowest BCUT2D eigenvalue weighted by atomic mass is 10.2. The summed E-state index contributed by atoms with van der Waals surface area (Å²) in [5, 5.41) is 3.37. The van der Waals surface area contributed by atoms with Gasteiger partial charge in [-0.2, -0.15) is 0 Å². The quantitative estimate of drug-likeness (QED) is 0.735. The van der Waals surface area contributed by atoms with Crippen LogP contribution in [0.1, 0.15) is 24.5 Å². The van der Waals surface area contributed by atoms with Crippen LogP contribution in [0.4, 0.5) is 11.4 Å². The van der Waals surface area contributed by atoms with Crippen LogP contribution in [-0.2, 0) is 14.4 Å². The van der Waals surface area contributed by atoms with Gasteiger partial charge in [0.2, 0.25) is 11.8 Å². The number of amides is 3. The van der Waals surface area contributed by atoms with Gasteiger partial charge in [-0.25, -0.2) is 4.90 Å². The molecule has 2 aromatic carbocycles. The minimum atomic E-state index is -0.653. The first-order valence-corrected chi connectivity index (χ1v) is 9.91. The van der Waals surface area contributed by atoms with Crippen molar-refractivity contribution in [1.82, 2.24) is 4.90 Å². The Kier molecular flexibility index (Phi) is 6.35. The van der Waals surface area contributed by atoms with Gasteiger partial charge in [0.1, 0.15) is 0 Å². The molecule has 1 N–H and O–H groups in total. The van der Waals surface area contributed by atoms with E-state index in [2.05, 4.69) is 5.32 Å². The topological polar surface area (TPSA) is 69.7 Å². The molecular formula is C22H24ClN3O3. The molecule has 0 spiro atoms. The maximum Gasteiger partial charge on any atom is 0.251 e. The number of halogens is 1. The van der Waals surface area contributed by atoms with Gasteiger partial charge in [-0.15, -0.1) is 0 Å². The molecule has 152 valence electrons. The van der Waals surface area contributed by atoms with Crippen LogP contribution in [0.2, 0.25) is 5.02 Å². The fraction of sp³-hybridized carbons (Fsp3) is 0.318. The van der Waals surface area contributed by atoms with Crippen molar-refractivity contribution in [1.29, 1.82) is 0 Å². The Morgan fingerprint density at radius 1 is 1.17 bits per heavy atom. The molecular weight excluding hydrogens is 390 g/mol. The van der Waals surface area contributed by atoms with Crippen molar-refractivity contribution in [2.75, 3.05) is 23.3 Å². The van der Waals surface area contributed by atoms with E-state index in [1.54, 1.807) is 29.2 Å². The lowest BCUT2D eigenvalue weighted by Crippen LogP contribution is -2.45. The summed E-state index contributed by atoms with van der Waals surface area (Å²) in [5.74, 6) is -0.813. The molecule has 6 nitrogen and oxygen atoms in total. The Hall–Kier alpha value is -2.70. The molecule has 1 unspecified atom stereocenters. The number of nitrogens with one attached hydrogen (secondary N) is 1. The highest BCUT2D eigenvalue weighted by Crippen LogP contribution is 2.26. The van der Waals surface area contributed by atoms with Crippen molar-refractivity contribution < 1.29 is 14.4 Å². The summed E-state index contributed by atoms with van der Waals surface area (Å²) >= 11 is 6.01. The van der Waals surface area contributed by atoms with Crippen LogP contribution < -0.4 is 10.2 Å². The Balaban J connectivity index is 1.72. The molecule has 1 aliphatic heterocycles. The SMILES string of the molecule is CCN(CC(=O)Nc1cc(Cl)ccc1C)C1CC(=O)N(c2ccc(C)cc2)C1=O. The average molecular weight is 414 g/mol. The summed E-state index contributed by atoms with van der Waals surface area (Å²) in [6, 6.07) is 11.9. The third kappa shape index (κ3) is 4.66. The summed E-state index contributed by atoms with van der Waals surface area (Å²) in [7, 11) is 0. The van der Waals surface area contributed by atoms with E-state index >= 15 is 0 Å². The number of imide groups is 1. The van der Waals surface area contributed by atoms with E-state index in [0.29, 0.717) is 22.9 Å². The maximum atomic E-state index is 13.0.